The molecule has 0 saturated carbocycles. The molecule has 4 heteroatoms. The Bertz CT molecular complexity index is 329. The average Bonchev–Trinajstić information content (AvgIpc) is 2.37. The summed E-state index contributed by atoms with van der Waals surface area (Å²) in [5, 5.41) is 3.30. The molecule has 0 aliphatic carbocycles. The third-order valence-electron chi connectivity index (χ3n) is 2.44. The summed E-state index contributed by atoms with van der Waals surface area (Å²) in [6, 6.07) is 9.66. The first-order chi connectivity index (χ1) is 8.22. The number of thioether (sulfide) groups is 1. The largest absolute Gasteiger partial charge is 0.445 e. The van der Waals surface area contributed by atoms with Crippen LogP contribution in [0.15, 0.2) is 30.3 Å². The zero-order valence-corrected chi connectivity index (χ0v) is 11.1. The van der Waals surface area contributed by atoms with Gasteiger partial charge in [-0.3, -0.25) is 0 Å². The van der Waals surface area contributed by atoms with Crippen molar-refractivity contribution >= 4 is 17.9 Å². The molecule has 0 aromatic heterocycles. The third-order valence-corrected chi connectivity index (χ3v) is 3.48. The van der Waals surface area contributed by atoms with Crippen LogP contribution >= 0.6 is 11.8 Å². The van der Waals surface area contributed by atoms with Crippen molar-refractivity contribution in [3.05, 3.63) is 35.9 Å². The van der Waals surface area contributed by atoms with Crippen LogP contribution in [0.1, 0.15) is 18.9 Å². The summed E-state index contributed by atoms with van der Waals surface area (Å²) in [6.45, 7) is 3.13. The second-order valence-corrected chi connectivity index (χ2v) is 5.10. The number of amides is 1. The molecule has 0 heterocycles. The summed E-state index contributed by atoms with van der Waals surface area (Å²) in [4.78, 5) is 11.3. The van der Waals surface area contributed by atoms with Crippen LogP contribution in [0.4, 0.5) is 4.79 Å². The Morgan fingerprint density at radius 2 is 2.12 bits per heavy atom. The fraction of sp³-hybridized carbons (Fsp3) is 0.462. The molecule has 0 aliphatic heterocycles. The van der Waals surface area contributed by atoms with Crippen molar-refractivity contribution in [1.82, 2.24) is 5.32 Å². The minimum atomic E-state index is -0.345. The molecule has 1 amide bonds. The van der Waals surface area contributed by atoms with Gasteiger partial charge in [-0.15, -0.1) is 0 Å². The molecule has 0 bridgehead atoms. The van der Waals surface area contributed by atoms with Crippen molar-refractivity contribution in [2.45, 2.75) is 25.2 Å². The number of hydrogen-bond acceptors (Lipinski definition) is 3. The standard InChI is InChI=1S/C13H19NO2S/c1-11(17-2)8-9-14-13(15)16-10-12-6-4-3-5-7-12/h3-7,11H,8-10H2,1-2H3,(H,14,15). The van der Waals surface area contributed by atoms with Gasteiger partial charge in [0.25, 0.3) is 0 Å². The lowest BCUT2D eigenvalue weighted by molar-refractivity contribution is 0.139. The zero-order valence-electron chi connectivity index (χ0n) is 10.3. The summed E-state index contributed by atoms with van der Waals surface area (Å²) in [6.07, 6.45) is 2.68. The molecule has 94 valence electrons. The van der Waals surface area contributed by atoms with E-state index in [0.29, 0.717) is 18.4 Å². The van der Waals surface area contributed by atoms with Gasteiger partial charge >= 0.3 is 6.09 Å². The maximum Gasteiger partial charge on any atom is 0.407 e. The first kappa shape index (κ1) is 13.9. The van der Waals surface area contributed by atoms with E-state index in [1.54, 1.807) is 11.8 Å². The van der Waals surface area contributed by atoms with Gasteiger partial charge in [0.05, 0.1) is 0 Å². The lowest BCUT2D eigenvalue weighted by Crippen LogP contribution is -2.26. The van der Waals surface area contributed by atoms with Gasteiger partial charge in [-0.05, 0) is 18.2 Å². The number of carbonyl (C=O) groups is 1. The molecule has 1 aromatic carbocycles. The van der Waals surface area contributed by atoms with E-state index in [4.69, 9.17) is 4.74 Å². The highest BCUT2D eigenvalue weighted by Gasteiger charge is 2.03. The molecule has 1 atom stereocenters. The molecule has 0 radical (unpaired) electrons. The lowest BCUT2D eigenvalue weighted by Gasteiger charge is -2.09. The quantitative estimate of drug-likeness (QED) is 0.846. The predicted molar refractivity (Wildman–Crippen MR) is 72.2 cm³/mol. The maximum absolute atomic E-state index is 11.3. The highest BCUT2D eigenvalue weighted by atomic mass is 32.2. The van der Waals surface area contributed by atoms with Crippen LogP contribution in [0, 0.1) is 0 Å². The fourth-order valence-electron chi connectivity index (χ4n) is 1.27. The smallest absolute Gasteiger partial charge is 0.407 e. The van der Waals surface area contributed by atoms with Crippen molar-refractivity contribution in [2.75, 3.05) is 12.8 Å². The molecule has 1 aromatic rings. The van der Waals surface area contributed by atoms with Gasteiger partial charge in [0, 0.05) is 11.8 Å². The number of rotatable bonds is 6. The third kappa shape index (κ3) is 6.22. The maximum atomic E-state index is 11.3. The fourth-order valence-corrected chi connectivity index (χ4v) is 1.62. The van der Waals surface area contributed by atoms with E-state index in [1.807, 2.05) is 30.3 Å². The van der Waals surface area contributed by atoms with Gasteiger partial charge in [0.1, 0.15) is 6.61 Å². The van der Waals surface area contributed by atoms with E-state index in [1.165, 1.54) is 0 Å². The van der Waals surface area contributed by atoms with E-state index in [9.17, 15) is 4.79 Å². The van der Waals surface area contributed by atoms with E-state index in [-0.39, 0.29) is 6.09 Å². The first-order valence-electron chi connectivity index (χ1n) is 5.69. The molecular weight excluding hydrogens is 234 g/mol. The Kier molecular flexibility index (Phi) is 6.55. The molecule has 0 saturated heterocycles. The van der Waals surface area contributed by atoms with Gasteiger partial charge in [-0.1, -0.05) is 37.3 Å². The summed E-state index contributed by atoms with van der Waals surface area (Å²) < 4.78 is 5.09. The predicted octanol–water partition coefficient (Wildman–Crippen LogP) is 3.05. The molecule has 1 unspecified atom stereocenters. The summed E-state index contributed by atoms with van der Waals surface area (Å²) >= 11 is 1.79. The Hall–Kier alpha value is -1.16. The average molecular weight is 253 g/mol. The molecule has 1 N–H and O–H groups in total. The molecule has 17 heavy (non-hydrogen) atoms. The van der Waals surface area contributed by atoms with Crippen molar-refractivity contribution < 1.29 is 9.53 Å². The van der Waals surface area contributed by atoms with Gasteiger partial charge in [0.15, 0.2) is 0 Å². The van der Waals surface area contributed by atoms with E-state index in [2.05, 4.69) is 18.5 Å². The van der Waals surface area contributed by atoms with Crippen molar-refractivity contribution in [1.29, 1.82) is 0 Å². The molecule has 3 nitrogen and oxygen atoms in total. The molecule has 0 fully saturated rings. The van der Waals surface area contributed by atoms with Crippen LogP contribution in [-0.4, -0.2) is 24.1 Å². The van der Waals surface area contributed by atoms with Crippen molar-refractivity contribution in [2.24, 2.45) is 0 Å². The topological polar surface area (TPSA) is 38.3 Å². The van der Waals surface area contributed by atoms with E-state index in [0.717, 1.165) is 12.0 Å². The van der Waals surface area contributed by atoms with Crippen LogP contribution in [-0.2, 0) is 11.3 Å². The number of hydrogen-bond donors (Lipinski definition) is 1. The Morgan fingerprint density at radius 1 is 1.41 bits per heavy atom. The number of carbonyl (C=O) groups excluding carboxylic acids is 1. The number of alkyl carbamates (subject to hydrolysis) is 1. The number of nitrogens with one attached hydrogen (secondary N) is 1. The minimum absolute atomic E-state index is 0.324. The van der Waals surface area contributed by atoms with Crippen LogP contribution in [0.5, 0.6) is 0 Å². The molecular formula is C13H19NO2S. The zero-order chi connectivity index (χ0) is 12.5. The second kappa shape index (κ2) is 8.01. The lowest BCUT2D eigenvalue weighted by atomic mass is 10.2. The molecule has 0 spiro atoms. The van der Waals surface area contributed by atoms with Crippen LogP contribution in [0.25, 0.3) is 0 Å². The van der Waals surface area contributed by atoms with Crippen LogP contribution in [0.3, 0.4) is 0 Å². The summed E-state index contributed by atoms with van der Waals surface area (Å²) in [7, 11) is 0. The summed E-state index contributed by atoms with van der Waals surface area (Å²) in [5.41, 5.74) is 1.00. The first-order valence-corrected chi connectivity index (χ1v) is 6.98. The Morgan fingerprint density at radius 3 is 2.76 bits per heavy atom. The number of benzene rings is 1. The van der Waals surface area contributed by atoms with Gasteiger partial charge in [-0.2, -0.15) is 11.8 Å². The van der Waals surface area contributed by atoms with Crippen molar-refractivity contribution in [3.8, 4) is 0 Å². The highest BCUT2D eigenvalue weighted by Crippen LogP contribution is 2.08. The second-order valence-electron chi connectivity index (χ2n) is 3.82. The SMILES string of the molecule is CSC(C)CCNC(=O)OCc1ccccc1. The van der Waals surface area contributed by atoms with E-state index < -0.39 is 0 Å². The Labute approximate surface area is 107 Å². The van der Waals surface area contributed by atoms with Gasteiger partial charge in [0.2, 0.25) is 0 Å². The van der Waals surface area contributed by atoms with E-state index >= 15 is 0 Å². The Balaban J connectivity index is 2.13. The molecule has 0 aliphatic rings. The monoisotopic (exact) mass is 253 g/mol. The normalized spacial score (nSPS) is 11.9. The number of ether oxygens (including phenoxy) is 1. The minimum Gasteiger partial charge on any atom is -0.445 e. The molecule has 1 rings (SSSR count). The van der Waals surface area contributed by atoms with Gasteiger partial charge in [-0.25, -0.2) is 4.79 Å². The van der Waals surface area contributed by atoms with Crippen LogP contribution in [0.2, 0.25) is 0 Å². The van der Waals surface area contributed by atoms with Crippen molar-refractivity contribution in [3.63, 3.8) is 0 Å². The van der Waals surface area contributed by atoms with Gasteiger partial charge < -0.3 is 10.1 Å². The van der Waals surface area contributed by atoms with Crippen LogP contribution < -0.4 is 5.32 Å². The highest BCUT2D eigenvalue weighted by molar-refractivity contribution is 7.99. The summed E-state index contributed by atoms with van der Waals surface area (Å²) in [5.74, 6) is 0.